The molecule has 0 spiro atoms. The molecule has 0 aliphatic carbocycles. The number of fused-ring (bicyclic) bond motifs is 1. The zero-order chi connectivity index (χ0) is 29.2. The number of halogens is 4. The first kappa shape index (κ1) is 32.5. The number of hydrogen-bond donors (Lipinski definition) is 0. The number of anilines is 1. The minimum absolute atomic E-state index is 0.00502. The molecule has 3 aromatic rings. The number of carbonyl (C=O) groups is 1. The van der Waals surface area contributed by atoms with E-state index in [1.165, 1.54) is 10.5 Å². The van der Waals surface area contributed by atoms with Gasteiger partial charge in [0.1, 0.15) is 17.9 Å². The fourth-order valence-electron chi connectivity index (χ4n) is 4.47. The van der Waals surface area contributed by atoms with Crippen LogP contribution in [0.25, 0.3) is 0 Å². The Morgan fingerprint density at radius 1 is 1.30 bits per heavy atom. The van der Waals surface area contributed by atoms with Crippen LogP contribution in [-0.4, -0.2) is 63.9 Å². The standard InChI is InChI=1S/C24H27ClF2IN6O3P.C2H6/c1-31(8-10-37-11-9-35)15-19-18-14-32(21-12-29-34(38-28)24(36)22(21)25)7-6-20(18)33(30-19)13-16-4-2-3-5-17(16)23(26)27;1-2/h2-5,9,12,23,38H,6-8,10-11,13-15H2,1H3;1-2H3. The maximum Gasteiger partial charge on any atom is 0.291 e. The summed E-state index contributed by atoms with van der Waals surface area (Å²) in [6.07, 6.45) is 0.479. The van der Waals surface area contributed by atoms with Gasteiger partial charge in [-0.3, -0.25) is 14.4 Å². The average Bonchev–Trinajstić information content (AvgIpc) is 3.29. The van der Waals surface area contributed by atoms with Gasteiger partial charge >= 0.3 is 0 Å². The van der Waals surface area contributed by atoms with Crippen LogP contribution in [0.4, 0.5) is 14.5 Å². The summed E-state index contributed by atoms with van der Waals surface area (Å²) in [7, 11) is 1.92. The van der Waals surface area contributed by atoms with Crippen molar-refractivity contribution in [3.63, 3.8) is 0 Å². The SMILES string of the molecule is CC.CN(CCOCC=O)Cc1nn(Cc2ccccc2C(F)F)c2c1CN(c1cnn(PI)c(=O)c1Cl)CC2. The van der Waals surface area contributed by atoms with Crippen molar-refractivity contribution in [2.75, 3.05) is 38.3 Å². The van der Waals surface area contributed by atoms with Gasteiger partial charge in [0.05, 0.1) is 37.1 Å². The lowest BCUT2D eigenvalue weighted by Crippen LogP contribution is -2.34. The average molecular weight is 709 g/mol. The fraction of sp³-hybridized carbons (Fsp3) is 0.462. The van der Waals surface area contributed by atoms with E-state index in [-0.39, 0.29) is 35.7 Å². The van der Waals surface area contributed by atoms with Crippen LogP contribution in [0.15, 0.2) is 35.3 Å². The number of aromatic nitrogens is 4. The van der Waals surface area contributed by atoms with Crippen LogP contribution < -0.4 is 10.5 Å². The molecule has 0 amide bonds. The Kier molecular flexibility index (Phi) is 12.9. The topological polar surface area (TPSA) is 85.5 Å². The van der Waals surface area contributed by atoms with Gasteiger partial charge in [-0.15, -0.1) is 0 Å². The van der Waals surface area contributed by atoms with Crippen molar-refractivity contribution >= 4 is 52.0 Å². The van der Waals surface area contributed by atoms with Crippen molar-refractivity contribution in [1.82, 2.24) is 24.2 Å². The second-order valence-electron chi connectivity index (χ2n) is 8.83. The summed E-state index contributed by atoms with van der Waals surface area (Å²) in [4.78, 5) is 27.1. The van der Waals surface area contributed by atoms with Crippen LogP contribution in [0.2, 0.25) is 5.02 Å². The summed E-state index contributed by atoms with van der Waals surface area (Å²) in [5, 5.41) is 9.22. The molecule has 1 unspecified atom stereocenters. The van der Waals surface area contributed by atoms with E-state index in [4.69, 9.17) is 21.4 Å². The van der Waals surface area contributed by atoms with Gasteiger partial charge in [-0.05, 0) is 34.7 Å². The van der Waals surface area contributed by atoms with E-state index in [9.17, 15) is 18.4 Å². The summed E-state index contributed by atoms with van der Waals surface area (Å²) in [5.74, 6) is 0. The summed E-state index contributed by atoms with van der Waals surface area (Å²) in [6, 6.07) is 6.51. The zero-order valence-corrected chi connectivity index (χ0v) is 26.5. The van der Waals surface area contributed by atoms with E-state index in [1.54, 1.807) is 24.4 Å². The molecule has 0 bridgehead atoms. The quantitative estimate of drug-likeness (QED) is 0.112. The van der Waals surface area contributed by atoms with E-state index >= 15 is 0 Å². The number of carbonyl (C=O) groups excluding carboxylic acids is 1. The highest BCUT2D eigenvalue weighted by molar-refractivity contribution is 14.2. The van der Waals surface area contributed by atoms with Crippen molar-refractivity contribution in [2.24, 2.45) is 0 Å². The molecule has 4 rings (SSSR count). The van der Waals surface area contributed by atoms with Gasteiger partial charge in [0.15, 0.2) is 0 Å². The number of hydrogen-bond acceptors (Lipinski definition) is 7. The smallest absolute Gasteiger partial charge is 0.291 e. The van der Waals surface area contributed by atoms with E-state index in [0.717, 1.165) is 17.0 Å². The molecule has 0 saturated heterocycles. The summed E-state index contributed by atoms with van der Waals surface area (Å²) < 4.78 is 35.7. The largest absolute Gasteiger partial charge is 0.373 e. The van der Waals surface area contributed by atoms with Gasteiger partial charge in [0.2, 0.25) is 0 Å². The summed E-state index contributed by atoms with van der Waals surface area (Å²) >= 11 is 8.53. The van der Waals surface area contributed by atoms with Crippen molar-refractivity contribution in [1.29, 1.82) is 0 Å². The molecule has 1 aromatic carbocycles. The molecule has 3 heterocycles. The Bertz CT molecular complexity index is 1340. The maximum absolute atomic E-state index is 13.7. The zero-order valence-electron chi connectivity index (χ0n) is 22.6. The Morgan fingerprint density at radius 2 is 2.05 bits per heavy atom. The van der Waals surface area contributed by atoms with Gasteiger partial charge < -0.3 is 14.4 Å². The highest BCUT2D eigenvalue weighted by Gasteiger charge is 2.28. The molecule has 0 radical (unpaired) electrons. The van der Waals surface area contributed by atoms with Gasteiger partial charge in [0, 0.05) is 49.4 Å². The number of nitrogens with zero attached hydrogens (tertiary/aromatic N) is 6. The number of likely N-dealkylation sites (N-methyl/N-ethyl adjacent to an activating group) is 1. The number of rotatable bonds is 12. The van der Waals surface area contributed by atoms with E-state index in [1.807, 2.05) is 35.4 Å². The summed E-state index contributed by atoms with van der Waals surface area (Å²) in [5.41, 5.74) is 3.49. The van der Waals surface area contributed by atoms with Crippen LogP contribution >= 0.6 is 40.0 Å². The van der Waals surface area contributed by atoms with Crippen LogP contribution in [-0.2, 0) is 35.6 Å². The second kappa shape index (κ2) is 15.9. The Morgan fingerprint density at radius 3 is 2.75 bits per heavy atom. The molecule has 14 heteroatoms. The van der Waals surface area contributed by atoms with Crippen LogP contribution in [0.3, 0.4) is 0 Å². The molecule has 0 saturated carbocycles. The fourth-order valence-corrected chi connectivity index (χ4v) is 6.11. The molecule has 0 N–H and O–H groups in total. The minimum atomic E-state index is -2.58. The Labute approximate surface area is 252 Å². The maximum atomic E-state index is 13.7. The molecule has 218 valence electrons. The molecule has 2 aromatic heterocycles. The first-order chi connectivity index (χ1) is 19.3. The van der Waals surface area contributed by atoms with Gasteiger partial charge in [-0.25, -0.2) is 13.2 Å². The first-order valence-corrected chi connectivity index (χ1v) is 17.3. The van der Waals surface area contributed by atoms with Crippen molar-refractivity contribution < 1.29 is 18.3 Å². The number of ether oxygens (including phenoxy) is 1. The van der Waals surface area contributed by atoms with Gasteiger partial charge in [-0.1, -0.05) is 49.7 Å². The second-order valence-corrected chi connectivity index (χ2v) is 11.2. The molecule has 1 atom stereocenters. The van der Waals surface area contributed by atoms with Gasteiger partial charge in [-0.2, -0.15) is 10.2 Å². The monoisotopic (exact) mass is 708 g/mol. The molecule has 1 aliphatic rings. The lowest BCUT2D eigenvalue weighted by atomic mass is 10.0. The molecule has 9 nitrogen and oxygen atoms in total. The first-order valence-electron chi connectivity index (χ1n) is 12.9. The third-order valence-corrected chi connectivity index (χ3v) is 8.58. The Hall–Kier alpha value is -1.99. The highest BCUT2D eigenvalue weighted by Crippen LogP contribution is 2.32. The van der Waals surface area contributed by atoms with Crippen molar-refractivity contribution in [3.05, 3.63) is 73.9 Å². The van der Waals surface area contributed by atoms with Crippen LogP contribution in [0.1, 0.15) is 48.4 Å². The van der Waals surface area contributed by atoms with E-state index in [2.05, 4.69) is 27.1 Å². The molecular weight excluding hydrogens is 676 g/mol. The summed E-state index contributed by atoms with van der Waals surface area (Å²) in [6.45, 7) is 6.76. The third-order valence-electron chi connectivity index (χ3n) is 6.37. The van der Waals surface area contributed by atoms with Crippen molar-refractivity contribution in [3.8, 4) is 0 Å². The minimum Gasteiger partial charge on any atom is -0.373 e. The van der Waals surface area contributed by atoms with Crippen LogP contribution in [0, 0.1) is 0 Å². The molecule has 40 heavy (non-hydrogen) atoms. The third kappa shape index (κ3) is 7.84. The normalized spacial score (nSPS) is 13.2. The number of benzene rings is 1. The highest BCUT2D eigenvalue weighted by atomic mass is 127. The predicted octanol–water partition coefficient (Wildman–Crippen LogP) is 5.11. The Balaban J connectivity index is 0.00000216. The van der Waals surface area contributed by atoms with Crippen molar-refractivity contribution in [2.45, 2.75) is 46.3 Å². The molecular formula is C26H33ClF2IN6O3P. The lowest BCUT2D eigenvalue weighted by molar-refractivity contribution is -0.112. The van der Waals surface area contributed by atoms with E-state index in [0.29, 0.717) is 56.7 Å². The molecule has 1 aliphatic heterocycles. The van der Waals surface area contributed by atoms with E-state index < -0.39 is 6.43 Å². The lowest BCUT2D eigenvalue weighted by Gasteiger charge is -2.30. The van der Waals surface area contributed by atoms with Crippen LogP contribution in [0.5, 0.6) is 0 Å². The van der Waals surface area contributed by atoms with Gasteiger partial charge in [0.25, 0.3) is 12.0 Å². The predicted molar refractivity (Wildman–Crippen MR) is 163 cm³/mol. The number of alkyl halides is 2. The molecule has 0 fully saturated rings. The number of aldehydes is 1.